The molecule has 0 N–H and O–H groups in total. The van der Waals surface area contributed by atoms with E-state index in [1.165, 1.54) is 70.4 Å². The molecule has 2 aliphatic rings. The van der Waals surface area contributed by atoms with Crippen molar-refractivity contribution < 1.29 is 4.74 Å². The van der Waals surface area contributed by atoms with Crippen molar-refractivity contribution in [1.82, 2.24) is 0 Å². The highest BCUT2D eigenvalue weighted by molar-refractivity contribution is 7.26. The molecule has 2 heterocycles. The summed E-state index contributed by atoms with van der Waals surface area (Å²) in [5, 5.41) is 2.54. The van der Waals surface area contributed by atoms with Crippen LogP contribution in [0.4, 0.5) is 17.1 Å². The molecule has 1 aliphatic carbocycles. The van der Waals surface area contributed by atoms with Crippen LogP contribution < -0.4 is 9.64 Å². The summed E-state index contributed by atoms with van der Waals surface area (Å²) in [6.07, 6.45) is 0. The molecule has 0 saturated heterocycles. The van der Waals surface area contributed by atoms with Crippen molar-refractivity contribution in [2.24, 2.45) is 0 Å². The summed E-state index contributed by atoms with van der Waals surface area (Å²) >= 11 is 1.88. The van der Waals surface area contributed by atoms with Crippen molar-refractivity contribution in [3.63, 3.8) is 0 Å². The molecule has 0 saturated carbocycles. The van der Waals surface area contributed by atoms with Gasteiger partial charge in [-0.2, -0.15) is 0 Å². The molecule has 0 amide bonds. The van der Waals surface area contributed by atoms with Crippen LogP contribution in [0.2, 0.25) is 0 Å². The lowest BCUT2D eigenvalue weighted by atomic mass is 9.66. The molecular formula is C49H31NOS. The monoisotopic (exact) mass is 681 g/mol. The molecule has 0 radical (unpaired) electrons. The predicted molar refractivity (Wildman–Crippen MR) is 217 cm³/mol. The molecule has 2 nitrogen and oxygen atoms in total. The lowest BCUT2D eigenvalue weighted by Crippen LogP contribution is -2.32. The second kappa shape index (κ2) is 11.3. The Bertz CT molecular complexity index is 2790. The van der Waals surface area contributed by atoms with E-state index in [1.807, 2.05) is 11.3 Å². The molecule has 1 aliphatic heterocycles. The van der Waals surface area contributed by atoms with E-state index in [4.69, 9.17) is 4.74 Å². The standard InChI is InChI=1S/C49H31NOS/c1-3-16-32(17-4-1)34-20-8-12-25-42(34)50(33-18-5-2-6-19-33)43-26-15-29-46-48(43)37-30-36-35-21-7-9-22-38(35)49(41(36)31-47(37)52-46)39-23-10-13-27-44(39)51-45-28-14-11-24-40(45)49/h1-31H. The zero-order valence-corrected chi connectivity index (χ0v) is 29.0. The number of thiophene rings is 1. The number of rotatable bonds is 4. The molecule has 1 aromatic heterocycles. The number of ether oxygens (including phenoxy) is 1. The Morgan fingerprint density at radius 1 is 0.423 bits per heavy atom. The lowest BCUT2D eigenvalue weighted by Gasteiger charge is -2.39. The number of benzene rings is 8. The van der Waals surface area contributed by atoms with E-state index >= 15 is 0 Å². The van der Waals surface area contributed by atoms with E-state index in [1.54, 1.807) is 0 Å². The van der Waals surface area contributed by atoms with Gasteiger partial charge in [-0.15, -0.1) is 11.3 Å². The highest BCUT2D eigenvalue weighted by Gasteiger charge is 2.51. The van der Waals surface area contributed by atoms with Crippen molar-refractivity contribution in [2.75, 3.05) is 4.90 Å². The molecule has 244 valence electrons. The molecule has 1 spiro atoms. The highest BCUT2D eigenvalue weighted by atomic mass is 32.1. The quantitative estimate of drug-likeness (QED) is 0.183. The van der Waals surface area contributed by atoms with E-state index in [0.29, 0.717) is 0 Å². The number of hydrogen-bond acceptors (Lipinski definition) is 3. The zero-order chi connectivity index (χ0) is 34.2. The predicted octanol–water partition coefficient (Wildman–Crippen LogP) is 13.7. The highest BCUT2D eigenvalue weighted by Crippen LogP contribution is 2.63. The minimum atomic E-state index is -0.491. The molecule has 3 heteroatoms. The number of fused-ring (bicyclic) bond motifs is 12. The van der Waals surface area contributed by atoms with Gasteiger partial charge < -0.3 is 9.64 Å². The minimum Gasteiger partial charge on any atom is -0.457 e. The fourth-order valence-corrected chi connectivity index (χ4v) is 10.0. The minimum absolute atomic E-state index is 0.491. The van der Waals surface area contributed by atoms with Gasteiger partial charge in [0.15, 0.2) is 0 Å². The summed E-state index contributed by atoms with van der Waals surface area (Å²) in [6.45, 7) is 0. The Hall–Kier alpha value is -6.42. The van der Waals surface area contributed by atoms with Crippen LogP contribution >= 0.6 is 11.3 Å². The third kappa shape index (κ3) is 4.06. The molecule has 9 aromatic rings. The number of nitrogens with zero attached hydrogens (tertiary/aromatic N) is 1. The van der Waals surface area contributed by atoms with Gasteiger partial charge in [0.05, 0.1) is 16.8 Å². The Balaban J connectivity index is 1.22. The van der Waals surface area contributed by atoms with Crippen LogP contribution in [0.5, 0.6) is 11.5 Å². The molecule has 0 atom stereocenters. The largest absolute Gasteiger partial charge is 0.457 e. The first-order chi connectivity index (χ1) is 25.8. The molecule has 11 rings (SSSR count). The maximum absolute atomic E-state index is 6.59. The maximum atomic E-state index is 6.59. The molecule has 52 heavy (non-hydrogen) atoms. The maximum Gasteiger partial charge on any atom is 0.132 e. The molecular weight excluding hydrogens is 651 g/mol. The van der Waals surface area contributed by atoms with Gasteiger partial charge >= 0.3 is 0 Å². The van der Waals surface area contributed by atoms with E-state index in [-0.39, 0.29) is 0 Å². The van der Waals surface area contributed by atoms with Gasteiger partial charge in [0.25, 0.3) is 0 Å². The fraction of sp³-hybridized carbons (Fsp3) is 0.0204. The summed E-state index contributed by atoms with van der Waals surface area (Å²) < 4.78 is 9.14. The van der Waals surface area contributed by atoms with E-state index in [0.717, 1.165) is 22.9 Å². The summed E-state index contributed by atoms with van der Waals surface area (Å²) in [6, 6.07) is 68.2. The van der Waals surface area contributed by atoms with Crippen LogP contribution in [0.1, 0.15) is 22.3 Å². The average molecular weight is 682 g/mol. The van der Waals surface area contributed by atoms with Crippen LogP contribution in [0.3, 0.4) is 0 Å². The van der Waals surface area contributed by atoms with Crippen LogP contribution in [-0.2, 0) is 5.41 Å². The topological polar surface area (TPSA) is 12.5 Å². The number of anilines is 3. The number of hydrogen-bond donors (Lipinski definition) is 0. The average Bonchev–Trinajstić information content (AvgIpc) is 3.72. The van der Waals surface area contributed by atoms with Gasteiger partial charge in [-0.3, -0.25) is 0 Å². The second-order valence-corrected chi connectivity index (χ2v) is 14.7. The van der Waals surface area contributed by atoms with Crippen molar-refractivity contribution in [2.45, 2.75) is 5.41 Å². The van der Waals surface area contributed by atoms with Crippen molar-refractivity contribution in [1.29, 1.82) is 0 Å². The van der Waals surface area contributed by atoms with Gasteiger partial charge in [-0.1, -0.05) is 133 Å². The number of para-hydroxylation sites is 4. The normalized spacial score (nSPS) is 13.3. The van der Waals surface area contributed by atoms with Gasteiger partial charge in [-0.05, 0) is 82.4 Å². The van der Waals surface area contributed by atoms with Gasteiger partial charge in [0.1, 0.15) is 11.5 Å². The Labute approximate surface area is 306 Å². The molecule has 0 unspecified atom stereocenters. The van der Waals surface area contributed by atoms with E-state index in [9.17, 15) is 0 Å². The van der Waals surface area contributed by atoms with Crippen molar-refractivity contribution >= 4 is 48.6 Å². The van der Waals surface area contributed by atoms with Gasteiger partial charge in [0, 0.05) is 42.6 Å². The van der Waals surface area contributed by atoms with Crippen LogP contribution in [0.25, 0.3) is 42.4 Å². The smallest absolute Gasteiger partial charge is 0.132 e. The van der Waals surface area contributed by atoms with E-state index in [2.05, 4.69) is 193 Å². The first-order valence-electron chi connectivity index (χ1n) is 17.8. The summed E-state index contributed by atoms with van der Waals surface area (Å²) in [5.41, 5.74) is 12.9. The SMILES string of the molecule is c1ccc(-c2ccccc2N(c2ccccc2)c2cccc3sc4cc5c(cc4c23)-c2ccccc2C52c3ccccc3Oc3ccccc32)cc1. The second-order valence-electron chi connectivity index (χ2n) is 13.6. The first-order valence-corrected chi connectivity index (χ1v) is 18.6. The third-order valence-corrected chi connectivity index (χ3v) is 12.0. The lowest BCUT2D eigenvalue weighted by molar-refractivity contribution is 0.436. The first kappa shape index (κ1) is 29.3. The van der Waals surface area contributed by atoms with Crippen LogP contribution in [-0.4, -0.2) is 0 Å². The van der Waals surface area contributed by atoms with Crippen LogP contribution in [0, 0.1) is 0 Å². The van der Waals surface area contributed by atoms with E-state index < -0.39 is 5.41 Å². The van der Waals surface area contributed by atoms with Crippen molar-refractivity contribution in [3.8, 4) is 33.8 Å². The Kier molecular flexibility index (Phi) is 6.37. The Morgan fingerprint density at radius 3 is 1.77 bits per heavy atom. The molecule has 0 fully saturated rings. The van der Waals surface area contributed by atoms with Crippen LogP contribution in [0.15, 0.2) is 188 Å². The summed E-state index contributed by atoms with van der Waals surface area (Å²) in [7, 11) is 0. The third-order valence-electron chi connectivity index (χ3n) is 10.9. The van der Waals surface area contributed by atoms with Crippen molar-refractivity contribution in [3.05, 3.63) is 210 Å². The Morgan fingerprint density at radius 2 is 1.02 bits per heavy atom. The zero-order valence-electron chi connectivity index (χ0n) is 28.2. The van der Waals surface area contributed by atoms with Gasteiger partial charge in [-0.25, -0.2) is 0 Å². The fourth-order valence-electron chi connectivity index (χ4n) is 8.85. The molecule has 0 bridgehead atoms. The molecule has 8 aromatic carbocycles. The van der Waals surface area contributed by atoms with Gasteiger partial charge in [0.2, 0.25) is 0 Å². The summed E-state index contributed by atoms with van der Waals surface area (Å²) in [5.74, 6) is 1.83. The summed E-state index contributed by atoms with van der Waals surface area (Å²) in [4.78, 5) is 2.45.